The van der Waals surface area contributed by atoms with Gasteiger partial charge in [-0.3, -0.25) is 5.43 Å². The molecular formula is C21H20F2N4OS. The van der Waals surface area contributed by atoms with Crippen LogP contribution in [-0.4, -0.2) is 24.0 Å². The summed E-state index contributed by atoms with van der Waals surface area (Å²) in [6, 6.07) is 9.44. The minimum atomic E-state index is -0.450. The smallest absolute Gasteiger partial charge is 0.170 e. The lowest BCUT2D eigenvalue weighted by Gasteiger charge is -2.09. The van der Waals surface area contributed by atoms with E-state index in [9.17, 15) is 8.78 Å². The third-order valence-corrected chi connectivity index (χ3v) is 5.47. The van der Waals surface area contributed by atoms with Gasteiger partial charge in [-0.25, -0.2) is 13.8 Å². The van der Waals surface area contributed by atoms with Crippen LogP contribution in [0.2, 0.25) is 0 Å². The number of nitrogens with zero attached hydrogens (tertiary/aromatic N) is 2. The highest BCUT2D eigenvalue weighted by molar-refractivity contribution is 7.15. The number of nitrogens with one attached hydrogen (secondary N) is 2. The highest BCUT2D eigenvalue weighted by Gasteiger charge is 2.12. The Morgan fingerprint density at radius 3 is 2.62 bits per heavy atom. The second-order valence-electron chi connectivity index (χ2n) is 6.36. The second kappa shape index (κ2) is 8.91. The van der Waals surface area contributed by atoms with Crippen molar-refractivity contribution in [1.82, 2.24) is 4.98 Å². The summed E-state index contributed by atoms with van der Waals surface area (Å²) < 4.78 is 32.1. The number of benzene rings is 2. The summed E-state index contributed by atoms with van der Waals surface area (Å²) in [7, 11) is 1.41. The fourth-order valence-corrected chi connectivity index (χ4v) is 3.82. The Morgan fingerprint density at radius 2 is 1.93 bits per heavy atom. The first-order chi connectivity index (χ1) is 13.9. The van der Waals surface area contributed by atoms with E-state index < -0.39 is 5.82 Å². The van der Waals surface area contributed by atoms with Crippen molar-refractivity contribution in [2.75, 3.05) is 12.5 Å². The fourth-order valence-electron chi connectivity index (χ4n) is 2.72. The predicted octanol–water partition coefficient (Wildman–Crippen LogP) is 5.37. The van der Waals surface area contributed by atoms with Crippen molar-refractivity contribution in [3.8, 4) is 16.2 Å². The molecule has 2 N–H and O–H groups in total. The molecule has 3 aromatic rings. The topological polar surface area (TPSA) is 70.4 Å². The molecule has 1 aromatic heterocycles. The number of aromatic nitrogens is 1. The summed E-state index contributed by atoms with van der Waals surface area (Å²) in [6.45, 7) is 3.51. The Bertz CT molecular complexity index is 1060. The first-order valence-corrected chi connectivity index (χ1v) is 9.62. The Balaban J connectivity index is 1.65. The van der Waals surface area contributed by atoms with Gasteiger partial charge in [0.25, 0.3) is 0 Å². The Labute approximate surface area is 171 Å². The third-order valence-electron chi connectivity index (χ3n) is 4.27. The molecule has 0 amide bonds. The number of methoxy groups -OCH3 is 1. The summed E-state index contributed by atoms with van der Waals surface area (Å²) in [5.74, 6) is -0.566. The summed E-state index contributed by atoms with van der Waals surface area (Å²) >= 11 is 1.47. The second-order valence-corrected chi connectivity index (χ2v) is 7.44. The van der Waals surface area contributed by atoms with Crippen LogP contribution in [0, 0.1) is 30.9 Å². The van der Waals surface area contributed by atoms with Crippen LogP contribution in [0.1, 0.15) is 16.3 Å². The Hall–Kier alpha value is -3.13. The number of rotatable bonds is 7. The van der Waals surface area contributed by atoms with Crippen LogP contribution < -0.4 is 10.2 Å². The van der Waals surface area contributed by atoms with Crippen molar-refractivity contribution >= 4 is 29.0 Å². The molecule has 1 heterocycles. The van der Waals surface area contributed by atoms with E-state index in [2.05, 4.69) is 15.5 Å². The van der Waals surface area contributed by atoms with Crippen LogP contribution >= 0.6 is 11.3 Å². The van der Waals surface area contributed by atoms with Gasteiger partial charge in [0, 0.05) is 12.0 Å². The van der Waals surface area contributed by atoms with Crippen LogP contribution in [0.3, 0.4) is 0 Å². The van der Waals surface area contributed by atoms with Crippen molar-refractivity contribution in [3.05, 3.63) is 64.3 Å². The molecule has 8 heteroatoms. The van der Waals surface area contributed by atoms with Gasteiger partial charge < -0.3 is 10.1 Å². The first kappa shape index (κ1) is 20.6. The molecule has 0 aliphatic carbocycles. The van der Waals surface area contributed by atoms with Gasteiger partial charge in [-0.05, 0) is 43.7 Å². The molecule has 0 saturated carbocycles. The van der Waals surface area contributed by atoms with E-state index in [0.717, 1.165) is 21.1 Å². The standard InChI is InChI=1S/C21H20F2N4OS/c1-12-17(8-9-18(28-3)20(12)23)27-25-11-16(24)10-19-26-13(2)21(29-19)14-4-6-15(22)7-5-14/h4-9,11,24,27H,10H2,1-3H3/b24-16?,25-11-. The molecule has 0 atom stereocenters. The average molecular weight is 414 g/mol. The molecule has 150 valence electrons. The van der Waals surface area contributed by atoms with E-state index in [0.29, 0.717) is 17.7 Å². The minimum absolute atomic E-state index is 0.167. The summed E-state index contributed by atoms with van der Waals surface area (Å²) in [4.78, 5) is 5.45. The van der Waals surface area contributed by atoms with Gasteiger partial charge >= 0.3 is 0 Å². The number of ether oxygens (including phenoxy) is 1. The van der Waals surface area contributed by atoms with Crippen molar-refractivity contribution in [2.24, 2.45) is 5.10 Å². The van der Waals surface area contributed by atoms with Gasteiger partial charge in [0.2, 0.25) is 0 Å². The highest BCUT2D eigenvalue weighted by Crippen LogP contribution is 2.30. The minimum Gasteiger partial charge on any atom is -0.494 e. The van der Waals surface area contributed by atoms with Crippen molar-refractivity contribution in [1.29, 1.82) is 5.41 Å². The summed E-state index contributed by atoms with van der Waals surface area (Å²) in [6.07, 6.45) is 1.68. The van der Waals surface area contributed by atoms with Gasteiger partial charge in [-0.1, -0.05) is 12.1 Å². The molecular weight excluding hydrogens is 394 g/mol. The quantitative estimate of drug-likeness (QED) is 0.403. The SMILES string of the molecule is COc1ccc(N/N=C\C(=N)Cc2nc(C)c(-c3ccc(F)cc3)s2)c(C)c1F. The van der Waals surface area contributed by atoms with E-state index in [1.54, 1.807) is 25.1 Å². The summed E-state index contributed by atoms with van der Waals surface area (Å²) in [5.41, 5.74) is 5.61. The normalized spacial score (nSPS) is 11.1. The zero-order valence-electron chi connectivity index (χ0n) is 16.2. The van der Waals surface area contributed by atoms with Crippen LogP contribution in [0.5, 0.6) is 5.75 Å². The van der Waals surface area contributed by atoms with E-state index in [1.165, 1.54) is 42.9 Å². The number of hydrogen-bond acceptors (Lipinski definition) is 6. The van der Waals surface area contributed by atoms with Crippen molar-refractivity contribution < 1.29 is 13.5 Å². The molecule has 0 unspecified atom stereocenters. The molecule has 0 spiro atoms. The number of thiazole rings is 1. The van der Waals surface area contributed by atoms with Crippen LogP contribution in [0.4, 0.5) is 14.5 Å². The monoisotopic (exact) mass is 414 g/mol. The van der Waals surface area contributed by atoms with Gasteiger partial charge in [0.1, 0.15) is 5.82 Å². The van der Waals surface area contributed by atoms with E-state index in [1.807, 2.05) is 6.92 Å². The molecule has 0 aliphatic rings. The maximum absolute atomic E-state index is 14.1. The number of anilines is 1. The van der Waals surface area contributed by atoms with E-state index >= 15 is 0 Å². The molecule has 3 rings (SSSR count). The highest BCUT2D eigenvalue weighted by atomic mass is 32.1. The predicted molar refractivity (Wildman–Crippen MR) is 113 cm³/mol. The van der Waals surface area contributed by atoms with Gasteiger partial charge in [-0.2, -0.15) is 5.10 Å². The number of hydrazone groups is 1. The zero-order valence-corrected chi connectivity index (χ0v) is 17.0. The van der Waals surface area contributed by atoms with Crippen molar-refractivity contribution in [3.63, 3.8) is 0 Å². The molecule has 5 nitrogen and oxygen atoms in total. The maximum Gasteiger partial charge on any atom is 0.170 e. The van der Waals surface area contributed by atoms with Gasteiger partial charge in [0.15, 0.2) is 11.6 Å². The first-order valence-electron chi connectivity index (χ1n) is 8.81. The number of aryl methyl sites for hydroxylation is 1. The Morgan fingerprint density at radius 1 is 1.21 bits per heavy atom. The lowest BCUT2D eigenvalue weighted by molar-refractivity contribution is 0.385. The number of halogens is 2. The van der Waals surface area contributed by atoms with Gasteiger partial charge in [0.05, 0.1) is 40.3 Å². The van der Waals surface area contributed by atoms with E-state index in [4.69, 9.17) is 10.1 Å². The van der Waals surface area contributed by atoms with Gasteiger partial charge in [-0.15, -0.1) is 11.3 Å². The molecule has 0 saturated heterocycles. The van der Waals surface area contributed by atoms with E-state index in [-0.39, 0.29) is 17.3 Å². The number of hydrogen-bond donors (Lipinski definition) is 2. The van der Waals surface area contributed by atoms with Crippen molar-refractivity contribution in [2.45, 2.75) is 20.3 Å². The average Bonchev–Trinajstić information content (AvgIpc) is 3.06. The lowest BCUT2D eigenvalue weighted by Crippen LogP contribution is -2.05. The molecule has 0 bridgehead atoms. The summed E-state index contributed by atoms with van der Waals surface area (Å²) in [5, 5.41) is 12.9. The molecule has 0 radical (unpaired) electrons. The largest absolute Gasteiger partial charge is 0.494 e. The maximum atomic E-state index is 14.1. The zero-order chi connectivity index (χ0) is 21.0. The Kier molecular flexibility index (Phi) is 6.33. The van der Waals surface area contributed by atoms with Crippen LogP contribution in [-0.2, 0) is 6.42 Å². The third kappa shape index (κ3) is 4.83. The molecule has 0 aliphatic heterocycles. The molecule has 29 heavy (non-hydrogen) atoms. The van der Waals surface area contributed by atoms with Crippen LogP contribution in [0.25, 0.3) is 10.4 Å². The fraction of sp³-hybridized carbons (Fsp3) is 0.190. The van der Waals surface area contributed by atoms with Crippen LogP contribution in [0.15, 0.2) is 41.5 Å². The lowest BCUT2D eigenvalue weighted by atomic mass is 10.1. The molecule has 0 fully saturated rings. The molecule has 2 aromatic carbocycles.